The largest absolute Gasteiger partial charge is 0.376 e. The van der Waals surface area contributed by atoms with Gasteiger partial charge in [-0.05, 0) is 13.0 Å². The van der Waals surface area contributed by atoms with Gasteiger partial charge in [0.05, 0.1) is 18.8 Å². The molecule has 0 saturated carbocycles. The third-order valence-electron chi connectivity index (χ3n) is 2.91. The molecule has 2 atom stereocenters. The number of likely N-dealkylation sites (N-methyl/N-ethyl adjacent to an activating group) is 1. The van der Waals surface area contributed by atoms with Gasteiger partial charge in [-0.15, -0.1) is 0 Å². The van der Waals surface area contributed by atoms with Crippen molar-refractivity contribution < 1.29 is 9.53 Å². The minimum Gasteiger partial charge on any atom is -0.376 e. The topological polar surface area (TPSA) is 67.6 Å². The van der Waals surface area contributed by atoms with E-state index in [-0.39, 0.29) is 11.9 Å². The van der Waals surface area contributed by atoms with E-state index in [9.17, 15) is 4.79 Å². The number of primary amides is 1. The van der Waals surface area contributed by atoms with Gasteiger partial charge in [0, 0.05) is 19.6 Å². The summed E-state index contributed by atoms with van der Waals surface area (Å²) in [6.45, 7) is 8.06. The number of nitrogens with one attached hydrogen (secondary N) is 1. The summed E-state index contributed by atoms with van der Waals surface area (Å²) in [5, 5.41) is 3.11. The van der Waals surface area contributed by atoms with Gasteiger partial charge in [-0.2, -0.15) is 0 Å². The maximum absolute atomic E-state index is 11.2. The number of hydrogen-bond acceptors (Lipinski definition) is 4. The van der Waals surface area contributed by atoms with E-state index in [0.717, 1.165) is 32.7 Å². The zero-order valence-corrected chi connectivity index (χ0v) is 10.2. The number of ether oxygens (including phenoxy) is 1. The fourth-order valence-electron chi connectivity index (χ4n) is 1.95. The Bertz CT molecular complexity index is 223. The van der Waals surface area contributed by atoms with Gasteiger partial charge in [0.2, 0.25) is 5.91 Å². The second-order valence-electron chi connectivity index (χ2n) is 4.17. The Morgan fingerprint density at radius 1 is 1.62 bits per heavy atom. The molecule has 0 radical (unpaired) electrons. The monoisotopic (exact) mass is 229 g/mol. The zero-order valence-electron chi connectivity index (χ0n) is 10.2. The Hall–Kier alpha value is -0.650. The quantitative estimate of drug-likeness (QED) is 0.648. The Morgan fingerprint density at radius 2 is 2.38 bits per heavy atom. The Balaban J connectivity index is 2.41. The van der Waals surface area contributed by atoms with E-state index in [0.29, 0.717) is 12.6 Å². The molecule has 1 rings (SSSR count). The molecule has 3 N–H and O–H groups in total. The molecule has 0 aromatic carbocycles. The van der Waals surface area contributed by atoms with Crippen molar-refractivity contribution in [1.29, 1.82) is 0 Å². The highest BCUT2D eigenvalue weighted by atomic mass is 16.5. The first-order chi connectivity index (χ1) is 7.67. The molecule has 1 fully saturated rings. The van der Waals surface area contributed by atoms with Crippen LogP contribution < -0.4 is 11.1 Å². The predicted molar refractivity (Wildman–Crippen MR) is 63.1 cm³/mol. The Morgan fingerprint density at radius 3 is 2.94 bits per heavy atom. The summed E-state index contributed by atoms with van der Waals surface area (Å²) in [4.78, 5) is 13.5. The third kappa shape index (κ3) is 4.08. The van der Waals surface area contributed by atoms with Crippen molar-refractivity contribution in [2.24, 2.45) is 5.73 Å². The minimum atomic E-state index is -0.276. The maximum atomic E-state index is 11.2. The summed E-state index contributed by atoms with van der Waals surface area (Å²) >= 11 is 0. The summed E-state index contributed by atoms with van der Waals surface area (Å²) in [6.07, 6.45) is 1.31. The van der Waals surface area contributed by atoms with Gasteiger partial charge < -0.3 is 15.8 Å². The smallest absolute Gasteiger partial charge is 0.235 e. The fraction of sp³-hybridized carbons (Fsp3) is 0.909. The van der Waals surface area contributed by atoms with Crippen LogP contribution in [0.25, 0.3) is 0 Å². The molecule has 0 aromatic heterocycles. The molecule has 5 nitrogen and oxygen atoms in total. The van der Waals surface area contributed by atoms with Gasteiger partial charge in [0.1, 0.15) is 0 Å². The first kappa shape index (κ1) is 13.4. The van der Waals surface area contributed by atoms with Gasteiger partial charge in [0.15, 0.2) is 0 Å². The number of rotatable bonds is 6. The summed E-state index contributed by atoms with van der Waals surface area (Å²) in [6, 6.07) is -0.249. The van der Waals surface area contributed by atoms with Crippen LogP contribution in [-0.2, 0) is 9.53 Å². The molecular formula is C11H23N3O2. The second kappa shape index (κ2) is 6.83. The van der Waals surface area contributed by atoms with E-state index >= 15 is 0 Å². The van der Waals surface area contributed by atoms with Gasteiger partial charge in [-0.3, -0.25) is 9.69 Å². The molecule has 1 saturated heterocycles. The second-order valence-corrected chi connectivity index (χ2v) is 4.17. The molecule has 0 spiro atoms. The fourth-order valence-corrected chi connectivity index (χ4v) is 1.95. The van der Waals surface area contributed by atoms with Gasteiger partial charge >= 0.3 is 0 Å². The average Bonchev–Trinajstić information content (AvgIpc) is 2.28. The van der Waals surface area contributed by atoms with Crippen molar-refractivity contribution >= 4 is 5.91 Å². The van der Waals surface area contributed by atoms with Gasteiger partial charge in [-0.25, -0.2) is 0 Å². The molecule has 1 amide bonds. The lowest BCUT2D eigenvalue weighted by molar-refractivity contribution is -0.121. The molecular weight excluding hydrogens is 206 g/mol. The normalized spacial score (nSPS) is 24.2. The van der Waals surface area contributed by atoms with Crippen molar-refractivity contribution in [2.75, 3.05) is 32.8 Å². The number of nitrogens with zero attached hydrogens (tertiary/aromatic N) is 1. The molecule has 0 bridgehead atoms. The van der Waals surface area contributed by atoms with E-state index in [4.69, 9.17) is 10.5 Å². The van der Waals surface area contributed by atoms with E-state index in [1.165, 1.54) is 0 Å². The summed E-state index contributed by atoms with van der Waals surface area (Å²) in [5.41, 5.74) is 5.35. The highest BCUT2D eigenvalue weighted by molar-refractivity contribution is 5.80. The number of amides is 1. The van der Waals surface area contributed by atoms with Crippen molar-refractivity contribution in [2.45, 2.75) is 32.4 Å². The van der Waals surface area contributed by atoms with E-state index in [2.05, 4.69) is 17.1 Å². The van der Waals surface area contributed by atoms with Gasteiger partial charge in [0.25, 0.3) is 0 Å². The molecule has 2 unspecified atom stereocenters. The van der Waals surface area contributed by atoms with Crippen LogP contribution in [0.15, 0.2) is 0 Å². The maximum Gasteiger partial charge on any atom is 0.235 e. The highest BCUT2D eigenvalue weighted by Gasteiger charge is 2.23. The summed E-state index contributed by atoms with van der Waals surface area (Å²) in [7, 11) is 0. The van der Waals surface area contributed by atoms with Crippen molar-refractivity contribution in [1.82, 2.24) is 10.2 Å². The molecule has 0 aliphatic carbocycles. The van der Waals surface area contributed by atoms with Crippen LogP contribution in [-0.4, -0.2) is 55.7 Å². The number of carbonyl (C=O) groups is 1. The standard InChI is InChI=1S/C11H23N3O2/c1-3-9-7-14(5-6-16-9)8-10(11(12)15)13-4-2/h9-10,13H,3-8H2,1-2H3,(H2,12,15). The number of hydrogen-bond donors (Lipinski definition) is 2. The number of carbonyl (C=O) groups excluding carboxylic acids is 1. The van der Waals surface area contributed by atoms with E-state index < -0.39 is 0 Å². The van der Waals surface area contributed by atoms with Crippen LogP contribution in [0.2, 0.25) is 0 Å². The molecule has 1 aliphatic rings. The first-order valence-electron chi connectivity index (χ1n) is 6.04. The van der Waals surface area contributed by atoms with Crippen LogP contribution in [0.3, 0.4) is 0 Å². The lowest BCUT2D eigenvalue weighted by Crippen LogP contribution is -2.52. The van der Waals surface area contributed by atoms with Crippen molar-refractivity contribution in [3.8, 4) is 0 Å². The average molecular weight is 229 g/mol. The molecule has 16 heavy (non-hydrogen) atoms. The number of nitrogens with two attached hydrogens (primary N) is 1. The van der Waals surface area contributed by atoms with Gasteiger partial charge in [-0.1, -0.05) is 13.8 Å². The molecule has 1 aliphatic heterocycles. The van der Waals surface area contributed by atoms with Crippen LogP contribution in [0.1, 0.15) is 20.3 Å². The summed E-state index contributed by atoms with van der Waals surface area (Å²) in [5.74, 6) is -0.276. The molecule has 5 heteroatoms. The highest BCUT2D eigenvalue weighted by Crippen LogP contribution is 2.08. The van der Waals surface area contributed by atoms with E-state index in [1.54, 1.807) is 0 Å². The lowest BCUT2D eigenvalue weighted by Gasteiger charge is -2.34. The lowest BCUT2D eigenvalue weighted by atomic mass is 10.2. The van der Waals surface area contributed by atoms with E-state index in [1.807, 2.05) is 6.92 Å². The zero-order chi connectivity index (χ0) is 12.0. The van der Waals surface area contributed by atoms with Crippen LogP contribution in [0.5, 0.6) is 0 Å². The Kier molecular flexibility index (Phi) is 5.73. The molecule has 0 aromatic rings. The van der Waals surface area contributed by atoms with Crippen LogP contribution >= 0.6 is 0 Å². The van der Waals surface area contributed by atoms with Crippen molar-refractivity contribution in [3.05, 3.63) is 0 Å². The predicted octanol–water partition coefficient (Wildman–Crippen LogP) is -0.439. The number of morpholine rings is 1. The van der Waals surface area contributed by atoms with Crippen LogP contribution in [0, 0.1) is 0 Å². The third-order valence-corrected chi connectivity index (χ3v) is 2.91. The van der Waals surface area contributed by atoms with Crippen LogP contribution in [0.4, 0.5) is 0 Å². The SMILES string of the molecule is CCNC(CN1CCOC(CC)C1)C(N)=O. The minimum absolute atomic E-state index is 0.249. The Labute approximate surface area is 97.3 Å². The summed E-state index contributed by atoms with van der Waals surface area (Å²) < 4.78 is 5.58. The molecule has 94 valence electrons. The first-order valence-corrected chi connectivity index (χ1v) is 6.04. The molecule has 1 heterocycles. The van der Waals surface area contributed by atoms with Crippen molar-refractivity contribution in [3.63, 3.8) is 0 Å².